The number of aliphatic hydroxyl groups excluding tert-OH is 1. The molecule has 2 aliphatic heterocycles. The normalized spacial score (nSPS) is 48.7. The first-order valence-electron chi connectivity index (χ1n) is 3.64. The summed E-state index contributed by atoms with van der Waals surface area (Å²) in [7, 11) is 0. The lowest BCUT2D eigenvalue weighted by Gasteiger charge is -2.08. The van der Waals surface area contributed by atoms with E-state index in [1.807, 2.05) is 0 Å². The maximum Gasteiger partial charge on any atom is 0.415 e. The summed E-state index contributed by atoms with van der Waals surface area (Å²) in [5, 5.41) is 9.33. The van der Waals surface area contributed by atoms with E-state index in [-0.39, 0.29) is 12.7 Å². The molecule has 1 N–H and O–H groups in total. The molecule has 4 heteroatoms. The highest BCUT2D eigenvalue weighted by Crippen LogP contribution is 2.38. The van der Waals surface area contributed by atoms with Gasteiger partial charge in [0.25, 0.3) is 6.57 Å². The SMILES string of the molecule is C#[N+][C@@]12CCO[C@@H]1C(O)CO2. The summed E-state index contributed by atoms with van der Waals surface area (Å²) in [5.74, 6) is 0. The number of aliphatic hydroxyl groups is 1. The molecule has 0 radical (unpaired) electrons. The molecule has 0 aromatic heterocycles. The molecule has 3 atom stereocenters. The van der Waals surface area contributed by atoms with Gasteiger partial charge < -0.3 is 9.84 Å². The molecule has 2 saturated heterocycles. The molecule has 2 fully saturated rings. The van der Waals surface area contributed by atoms with Crippen LogP contribution >= 0.6 is 0 Å². The highest BCUT2D eigenvalue weighted by atomic mass is 16.6. The van der Waals surface area contributed by atoms with E-state index in [1.54, 1.807) is 0 Å². The first-order valence-corrected chi connectivity index (χ1v) is 3.64. The average molecular weight is 156 g/mol. The van der Waals surface area contributed by atoms with E-state index in [0.29, 0.717) is 13.0 Å². The molecule has 2 rings (SSSR count). The fourth-order valence-electron chi connectivity index (χ4n) is 1.66. The van der Waals surface area contributed by atoms with Crippen molar-refractivity contribution >= 4 is 0 Å². The number of hydrogen-bond donors (Lipinski definition) is 1. The summed E-state index contributed by atoms with van der Waals surface area (Å²) in [5.41, 5.74) is -0.751. The molecule has 0 aromatic rings. The molecule has 0 saturated carbocycles. The minimum atomic E-state index is -0.751. The largest absolute Gasteiger partial charge is 0.415 e. The Bertz CT molecular complexity index is 212. The maximum absolute atomic E-state index is 9.33. The zero-order valence-electron chi connectivity index (χ0n) is 6.06. The summed E-state index contributed by atoms with van der Waals surface area (Å²) in [6, 6.07) is 0. The molecule has 2 heterocycles. The summed E-state index contributed by atoms with van der Waals surface area (Å²) in [6.07, 6.45) is -0.289. The predicted molar refractivity (Wildman–Crippen MR) is 37.4 cm³/mol. The van der Waals surface area contributed by atoms with Crippen molar-refractivity contribution < 1.29 is 14.6 Å². The van der Waals surface area contributed by atoms with Gasteiger partial charge in [-0.2, -0.15) is 0 Å². The van der Waals surface area contributed by atoms with Crippen LogP contribution in [-0.2, 0) is 9.47 Å². The Labute approximate surface area is 64.5 Å². The topological polar surface area (TPSA) is 43.0 Å². The molecule has 0 aromatic carbocycles. The van der Waals surface area contributed by atoms with Crippen molar-refractivity contribution in [3.05, 3.63) is 4.85 Å². The van der Waals surface area contributed by atoms with Gasteiger partial charge in [-0.3, -0.25) is 4.74 Å². The van der Waals surface area contributed by atoms with Gasteiger partial charge in [-0.1, -0.05) is 0 Å². The van der Waals surface area contributed by atoms with E-state index < -0.39 is 11.8 Å². The lowest BCUT2D eigenvalue weighted by Crippen LogP contribution is -2.35. The molecule has 0 aliphatic carbocycles. The lowest BCUT2D eigenvalue weighted by molar-refractivity contribution is 0.000515. The van der Waals surface area contributed by atoms with Gasteiger partial charge in [-0.15, -0.1) is 0 Å². The molecule has 1 unspecified atom stereocenters. The third kappa shape index (κ3) is 0.791. The zero-order chi connectivity index (χ0) is 7.90. The van der Waals surface area contributed by atoms with Crippen molar-refractivity contribution in [3.63, 3.8) is 0 Å². The summed E-state index contributed by atoms with van der Waals surface area (Å²) >= 11 is 0. The molecule has 0 amide bonds. The second kappa shape index (κ2) is 2.18. The van der Waals surface area contributed by atoms with Crippen molar-refractivity contribution in [3.8, 4) is 6.57 Å². The van der Waals surface area contributed by atoms with Crippen molar-refractivity contribution in [2.75, 3.05) is 13.2 Å². The molecule has 2 aliphatic rings. The van der Waals surface area contributed by atoms with Gasteiger partial charge in [0.1, 0.15) is 6.10 Å². The van der Waals surface area contributed by atoms with Gasteiger partial charge in [-0.25, -0.2) is 0 Å². The molecule has 11 heavy (non-hydrogen) atoms. The van der Waals surface area contributed by atoms with Crippen molar-refractivity contribution in [1.29, 1.82) is 0 Å². The molecule has 60 valence electrons. The van der Waals surface area contributed by atoms with E-state index >= 15 is 0 Å². The molecular weight excluding hydrogens is 146 g/mol. The highest BCUT2D eigenvalue weighted by molar-refractivity contribution is 5.08. The summed E-state index contributed by atoms with van der Waals surface area (Å²) < 4.78 is 10.5. The van der Waals surface area contributed by atoms with E-state index in [0.717, 1.165) is 0 Å². The number of nitrogens with zero attached hydrogens (tertiary/aromatic N) is 1. The van der Waals surface area contributed by atoms with Gasteiger partial charge >= 0.3 is 5.72 Å². The predicted octanol–water partition coefficient (Wildman–Crippen LogP) is -0.175. The van der Waals surface area contributed by atoms with Crippen LogP contribution in [0.25, 0.3) is 4.85 Å². The maximum atomic E-state index is 9.33. The van der Waals surface area contributed by atoms with E-state index in [9.17, 15) is 5.11 Å². The van der Waals surface area contributed by atoms with E-state index in [1.165, 1.54) is 0 Å². The van der Waals surface area contributed by atoms with Crippen molar-refractivity contribution in [2.24, 2.45) is 0 Å². The van der Waals surface area contributed by atoms with Crippen LogP contribution in [0.3, 0.4) is 0 Å². The van der Waals surface area contributed by atoms with Gasteiger partial charge in [0.2, 0.25) is 0 Å². The molecule has 0 spiro atoms. The van der Waals surface area contributed by atoms with Gasteiger partial charge in [0.05, 0.1) is 19.6 Å². The monoisotopic (exact) mass is 156 g/mol. The average Bonchev–Trinajstić information content (AvgIpc) is 2.53. The first-order chi connectivity index (χ1) is 5.28. The van der Waals surface area contributed by atoms with Crippen LogP contribution in [0.5, 0.6) is 0 Å². The summed E-state index contributed by atoms with van der Waals surface area (Å²) in [4.78, 5) is 3.62. The minimum absolute atomic E-state index is 0.269. The lowest BCUT2D eigenvalue weighted by atomic mass is 10.1. The second-order valence-electron chi connectivity index (χ2n) is 2.89. The smallest absolute Gasteiger partial charge is 0.388 e. The minimum Gasteiger partial charge on any atom is -0.388 e. The Kier molecular flexibility index (Phi) is 1.39. The fraction of sp³-hybridized carbons (Fsp3) is 0.857. The highest BCUT2D eigenvalue weighted by Gasteiger charge is 2.63. The quantitative estimate of drug-likeness (QED) is 0.529. The van der Waals surface area contributed by atoms with Crippen LogP contribution in [-0.4, -0.2) is 36.3 Å². The van der Waals surface area contributed by atoms with Crippen LogP contribution in [0.4, 0.5) is 0 Å². The Morgan fingerprint density at radius 1 is 1.64 bits per heavy atom. The molecular formula is C7H10NO3+. The van der Waals surface area contributed by atoms with Gasteiger partial charge in [0.15, 0.2) is 6.10 Å². The summed E-state index contributed by atoms with van der Waals surface area (Å²) in [6.45, 7) is 6.01. The Balaban J connectivity index is 2.27. The van der Waals surface area contributed by atoms with Gasteiger partial charge in [-0.05, 0) is 4.85 Å². The number of ether oxygens (including phenoxy) is 2. The standard InChI is InChI=1S/C7H10NO3/c1-8-7-2-3-10-6(7)5(9)4-11-7/h1,5-6,9H,2-4H2/q+1/t5?,6-,7-/m1/s1. The fourth-order valence-corrected chi connectivity index (χ4v) is 1.66. The third-order valence-electron chi connectivity index (χ3n) is 2.27. The van der Waals surface area contributed by atoms with Crippen LogP contribution < -0.4 is 0 Å². The van der Waals surface area contributed by atoms with Crippen molar-refractivity contribution in [1.82, 2.24) is 0 Å². The Morgan fingerprint density at radius 2 is 2.45 bits per heavy atom. The van der Waals surface area contributed by atoms with Crippen LogP contribution in [0, 0.1) is 6.57 Å². The van der Waals surface area contributed by atoms with E-state index in [2.05, 4.69) is 4.85 Å². The van der Waals surface area contributed by atoms with Crippen molar-refractivity contribution in [2.45, 2.75) is 24.4 Å². The van der Waals surface area contributed by atoms with Gasteiger partial charge in [0, 0.05) is 0 Å². The van der Waals surface area contributed by atoms with Crippen LogP contribution in [0.1, 0.15) is 6.42 Å². The molecule has 4 nitrogen and oxygen atoms in total. The van der Waals surface area contributed by atoms with E-state index in [4.69, 9.17) is 16.0 Å². The number of fused-ring (bicyclic) bond motifs is 1. The third-order valence-corrected chi connectivity index (χ3v) is 2.27. The first kappa shape index (κ1) is 7.04. The molecule has 0 bridgehead atoms. The second-order valence-corrected chi connectivity index (χ2v) is 2.89. The Hall–Kier alpha value is -0.630. The van der Waals surface area contributed by atoms with Crippen LogP contribution in [0.2, 0.25) is 0 Å². The number of rotatable bonds is 0. The van der Waals surface area contributed by atoms with Crippen LogP contribution in [0.15, 0.2) is 0 Å². The zero-order valence-corrected chi connectivity index (χ0v) is 6.06. The number of hydrogen-bond acceptors (Lipinski definition) is 3. The Morgan fingerprint density at radius 3 is 3.09 bits per heavy atom.